The number of nitrogens with one attached hydrogen (secondary N) is 1. The maximum absolute atomic E-state index is 12.7. The Hall–Kier alpha value is -3.13. The molecule has 0 aliphatic heterocycles. The van der Waals surface area contributed by atoms with Crippen LogP contribution in [0.5, 0.6) is 11.5 Å². The van der Waals surface area contributed by atoms with Gasteiger partial charge in [-0.2, -0.15) is 13.9 Å². The van der Waals surface area contributed by atoms with E-state index in [4.69, 9.17) is 16.3 Å². The van der Waals surface area contributed by atoms with Gasteiger partial charge < -0.3 is 14.8 Å². The first-order valence-corrected chi connectivity index (χ1v) is 8.55. The lowest BCUT2D eigenvalue weighted by molar-refractivity contribution is -0.0515. The van der Waals surface area contributed by atoms with Crippen molar-refractivity contribution in [3.63, 3.8) is 0 Å². The van der Waals surface area contributed by atoms with Crippen LogP contribution in [0.25, 0.3) is 5.69 Å². The minimum atomic E-state index is -3.08. The Morgan fingerprint density at radius 1 is 1.25 bits per heavy atom. The lowest BCUT2D eigenvalue weighted by atomic mass is 10.1. The summed E-state index contributed by atoms with van der Waals surface area (Å²) in [6.07, 6.45) is 3.34. The van der Waals surface area contributed by atoms with Gasteiger partial charge in [0.25, 0.3) is 5.91 Å². The second-order valence-electron chi connectivity index (χ2n) is 5.67. The van der Waals surface area contributed by atoms with Crippen LogP contribution in [0, 0.1) is 0 Å². The molecule has 1 aromatic heterocycles. The van der Waals surface area contributed by atoms with E-state index in [-0.39, 0.29) is 23.6 Å². The predicted molar refractivity (Wildman–Crippen MR) is 99.4 cm³/mol. The fraction of sp³-hybridized carbons (Fsp3) is 0.158. The highest BCUT2D eigenvalue weighted by molar-refractivity contribution is 6.30. The van der Waals surface area contributed by atoms with Gasteiger partial charge in [-0.1, -0.05) is 17.7 Å². The lowest BCUT2D eigenvalue weighted by Gasteiger charge is -2.14. The SMILES string of the molecule is COc1cccc(C(=O)NCc2cnn(-c3ccc(Cl)cc3)c2)c1OC(F)F. The van der Waals surface area contributed by atoms with Crippen molar-refractivity contribution in [2.24, 2.45) is 0 Å². The Bertz CT molecular complexity index is 961. The number of carbonyl (C=O) groups is 1. The van der Waals surface area contributed by atoms with E-state index in [1.54, 1.807) is 29.2 Å². The van der Waals surface area contributed by atoms with Crippen molar-refractivity contribution >= 4 is 17.5 Å². The van der Waals surface area contributed by atoms with Crippen LogP contribution in [0.1, 0.15) is 15.9 Å². The monoisotopic (exact) mass is 407 g/mol. The van der Waals surface area contributed by atoms with Gasteiger partial charge in [-0.25, -0.2) is 4.68 Å². The standard InChI is InChI=1S/C19H16ClF2N3O3/c1-27-16-4-2-3-15(17(16)28-19(21)22)18(26)23-9-12-10-24-25(11-12)14-7-5-13(20)6-8-14/h2-8,10-11,19H,9H2,1H3,(H,23,26). The number of benzene rings is 2. The molecule has 0 spiro atoms. The average molecular weight is 408 g/mol. The zero-order valence-corrected chi connectivity index (χ0v) is 15.5. The molecule has 2 aromatic carbocycles. The number of hydrogen-bond donors (Lipinski definition) is 1. The van der Waals surface area contributed by atoms with Crippen molar-refractivity contribution in [2.75, 3.05) is 7.11 Å². The van der Waals surface area contributed by atoms with Gasteiger partial charge in [-0.15, -0.1) is 0 Å². The number of methoxy groups -OCH3 is 1. The second-order valence-corrected chi connectivity index (χ2v) is 6.10. The number of hydrogen-bond acceptors (Lipinski definition) is 4. The van der Waals surface area contributed by atoms with Crippen LogP contribution in [-0.4, -0.2) is 29.4 Å². The zero-order valence-electron chi connectivity index (χ0n) is 14.7. The molecule has 0 unspecified atom stereocenters. The summed E-state index contributed by atoms with van der Waals surface area (Å²) >= 11 is 5.87. The molecule has 0 fully saturated rings. The van der Waals surface area contributed by atoms with E-state index in [2.05, 4.69) is 15.2 Å². The summed E-state index contributed by atoms with van der Waals surface area (Å²) in [5, 5.41) is 7.50. The summed E-state index contributed by atoms with van der Waals surface area (Å²) in [5.74, 6) is -0.841. The minimum Gasteiger partial charge on any atom is -0.493 e. The van der Waals surface area contributed by atoms with Crippen molar-refractivity contribution in [3.05, 3.63) is 71.0 Å². The van der Waals surface area contributed by atoms with Crippen molar-refractivity contribution in [1.82, 2.24) is 15.1 Å². The Labute approximate surface area is 164 Å². The molecule has 0 saturated carbocycles. The Balaban J connectivity index is 1.72. The van der Waals surface area contributed by atoms with E-state index in [1.165, 1.54) is 25.3 Å². The van der Waals surface area contributed by atoms with Gasteiger partial charge in [0.05, 0.1) is 24.6 Å². The first-order chi connectivity index (χ1) is 13.5. The molecule has 28 heavy (non-hydrogen) atoms. The van der Waals surface area contributed by atoms with Gasteiger partial charge in [0.15, 0.2) is 11.5 Å². The van der Waals surface area contributed by atoms with Gasteiger partial charge in [0.2, 0.25) is 0 Å². The Kier molecular flexibility index (Phi) is 6.10. The third-order valence-corrected chi connectivity index (χ3v) is 4.08. The largest absolute Gasteiger partial charge is 0.493 e. The number of alkyl halides is 2. The average Bonchev–Trinajstić information content (AvgIpc) is 3.15. The Morgan fingerprint density at radius 2 is 2.00 bits per heavy atom. The van der Waals surface area contributed by atoms with Crippen molar-refractivity contribution in [3.8, 4) is 17.2 Å². The maximum atomic E-state index is 12.7. The van der Waals surface area contributed by atoms with Crippen molar-refractivity contribution in [1.29, 1.82) is 0 Å². The molecule has 9 heteroatoms. The van der Waals surface area contributed by atoms with Crippen LogP contribution < -0.4 is 14.8 Å². The first kappa shape index (κ1) is 19.6. The summed E-state index contributed by atoms with van der Waals surface area (Å²) in [7, 11) is 1.31. The zero-order chi connectivity index (χ0) is 20.1. The molecule has 1 heterocycles. The molecule has 146 valence electrons. The lowest BCUT2D eigenvalue weighted by Crippen LogP contribution is -2.24. The normalized spacial score (nSPS) is 10.8. The Morgan fingerprint density at radius 3 is 2.68 bits per heavy atom. The molecule has 6 nitrogen and oxygen atoms in total. The number of ether oxygens (including phenoxy) is 2. The van der Waals surface area contributed by atoms with Gasteiger partial charge in [-0.05, 0) is 36.4 Å². The van der Waals surface area contributed by atoms with Crippen LogP contribution in [0.2, 0.25) is 5.02 Å². The van der Waals surface area contributed by atoms with E-state index in [0.717, 1.165) is 11.3 Å². The summed E-state index contributed by atoms with van der Waals surface area (Å²) in [6.45, 7) is -2.93. The number of rotatable bonds is 7. The molecule has 1 amide bonds. The third kappa shape index (κ3) is 4.58. The number of para-hydroxylation sites is 1. The first-order valence-electron chi connectivity index (χ1n) is 8.17. The van der Waals surface area contributed by atoms with Gasteiger partial charge in [0.1, 0.15) is 0 Å². The molecule has 0 aliphatic rings. The number of amides is 1. The van der Waals surface area contributed by atoms with Crippen LogP contribution in [-0.2, 0) is 6.54 Å². The summed E-state index contributed by atoms with van der Waals surface area (Å²) in [6, 6.07) is 11.4. The van der Waals surface area contributed by atoms with E-state index in [9.17, 15) is 13.6 Å². The maximum Gasteiger partial charge on any atom is 0.387 e. The smallest absolute Gasteiger partial charge is 0.387 e. The molecule has 0 aliphatic carbocycles. The van der Waals surface area contributed by atoms with Crippen LogP contribution >= 0.6 is 11.6 Å². The highest BCUT2D eigenvalue weighted by Crippen LogP contribution is 2.32. The van der Waals surface area contributed by atoms with Crippen molar-refractivity contribution in [2.45, 2.75) is 13.2 Å². The third-order valence-electron chi connectivity index (χ3n) is 3.83. The fourth-order valence-electron chi connectivity index (χ4n) is 2.53. The van der Waals surface area contributed by atoms with Crippen molar-refractivity contribution < 1.29 is 23.0 Å². The van der Waals surface area contributed by atoms with E-state index in [0.29, 0.717) is 5.02 Å². The fourth-order valence-corrected chi connectivity index (χ4v) is 2.66. The topological polar surface area (TPSA) is 65.4 Å². The van der Waals surface area contributed by atoms with Gasteiger partial charge in [-0.3, -0.25) is 4.79 Å². The summed E-state index contributed by atoms with van der Waals surface area (Å²) in [4.78, 5) is 12.5. The quantitative estimate of drug-likeness (QED) is 0.641. The molecule has 0 bridgehead atoms. The van der Waals surface area contributed by atoms with Crippen LogP contribution in [0.15, 0.2) is 54.9 Å². The van der Waals surface area contributed by atoms with E-state index < -0.39 is 12.5 Å². The molecule has 0 radical (unpaired) electrons. The highest BCUT2D eigenvalue weighted by Gasteiger charge is 2.20. The molecular formula is C19H16ClF2N3O3. The predicted octanol–water partition coefficient (Wildman–Crippen LogP) is 4.07. The highest BCUT2D eigenvalue weighted by atomic mass is 35.5. The van der Waals surface area contributed by atoms with Crippen LogP contribution in [0.4, 0.5) is 8.78 Å². The number of halogens is 3. The van der Waals surface area contributed by atoms with E-state index >= 15 is 0 Å². The van der Waals surface area contributed by atoms with Crippen LogP contribution in [0.3, 0.4) is 0 Å². The van der Waals surface area contributed by atoms with E-state index in [1.807, 2.05) is 12.1 Å². The molecule has 3 aromatic rings. The number of nitrogens with zero attached hydrogens (tertiary/aromatic N) is 2. The molecule has 0 atom stereocenters. The molecule has 0 saturated heterocycles. The molecule has 3 rings (SSSR count). The number of carbonyl (C=O) groups excluding carboxylic acids is 1. The minimum absolute atomic E-state index is 0.0449. The number of aromatic nitrogens is 2. The molecule has 1 N–H and O–H groups in total. The van der Waals surface area contributed by atoms with Gasteiger partial charge >= 0.3 is 6.61 Å². The summed E-state index contributed by atoms with van der Waals surface area (Å²) in [5.41, 5.74) is 1.48. The van der Waals surface area contributed by atoms with Gasteiger partial charge in [0, 0.05) is 23.3 Å². The summed E-state index contributed by atoms with van der Waals surface area (Å²) < 4.78 is 36.5. The molecular weight excluding hydrogens is 392 g/mol. The second kappa shape index (κ2) is 8.71.